The summed E-state index contributed by atoms with van der Waals surface area (Å²) in [6.07, 6.45) is 6.14. The zero-order valence-corrected chi connectivity index (χ0v) is 28.9. The smallest absolute Gasteiger partial charge is 0.266 e. The van der Waals surface area contributed by atoms with Gasteiger partial charge in [0.25, 0.3) is 11.8 Å². The molecule has 1 fully saturated rings. The van der Waals surface area contributed by atoms with Crippen LogP contribution in [0.25, 0.3) is 21.8 Å². The summed E-state index contributed by atoms with van der Waals surface area (Å²) in [7, 11) is 0. The van der Waals surface area contributed by atoms with Crippen LogP contribution < -0.4 is 10.1 Å². The van der Waals surface area contributed by atoms with Gasteiger partial charge >= 0.3 is 0 Å². The molecule has 2 aliphatic heterocycles. The molecule has 2 N–H and O–H groups in total. The van der Waals surface area contributed by atoms with Crippen molar-refractivity contribution in [3.63, 3.8) is 0 Å². The van der Waals surface area contributed by atoms with E-state index in [4.69, 9.17) is 23.7 Å². The Morgan fingerprint density at radius 3 is 2.27 bits per heavy atom. The first-order valence-corrected chi connectivity index (χ1v) is 17.5. The minimum absolute atomic E-state index is 0.0498. The predicted octanol–water partition coefficient (Wildman–Crippen LogP) is 3.54. The van der Waals surface area contributed by atoms with E-state index in [9.17, 15) is 24.0 Å². The summed E-state index contributed by atoms with van der Waals surface area (Å²) < 4.78 is 27.9. The van der Waals surface area contributed by atoms with Gasteiger partial charge in [-0.15, -0.1) is 0 Å². The predicted molar refractivity (Wildman–Crippen MR) is 188 cm³/mol. The maximum Gasteiger partial charge on any atom is 0.266 e. The second-order valence-electron chi connectivity index (χ2n) is 12.5. The van der Waals surface area contributed by atoms with E-state index in [1.807, 2.05) is 12.3 Å². The number of piperidine rings is 1. The van der Waals surface area contributed by atoms with E-state index in [1.54, 1.807) is 18.3 Å². The number of Topliss-reactive ketones (excluding diaryl/α,β-unsaturated/α-hetero) is 1. The number of rotatable bonds is 21. The van der Waals surface area contributed by atoms with Crippen LogP contribution in [-0.4, -0.2) is 110 Å². The lowest BCUT2D eigenvalue weighted by atomic mass is 10.0. The van der Waals surface area contributed by atoms with E-state index >= 15 is 0 Å². The Hall–Kier alpha value is -5.02. The molecule has 4 amide bonds. The first-order chi connectivity index (χ1) is 25.4. The Balaban J connectivity index is 0.747. The first-order valence-electron chi connectivity index (χ1n) is 17.5. The number of aromatic nitrogens is 2. The number of carbonyl (C=O) groups excluding carboxylic acids is 5. The number of aryl methyl sites for hydroxylation is 1. The number of imide groups is 2. The second kappa shape index (κ2) is 18.0. The molecule has 2 aliphatic rings. The van der Waals surface area contributed by atoms with Crippen LogP contribution in [0.1, 0.15) is 58.4 Å². The molecule has 2 aromatic carbocycles. The fourth-order valence-corrected chi connectivity index (χ4v) is 6.31. The van der Waals surface area contributed by atoms with Crippen LogP contribution in [0.5, 0.6) is 5.75 Å². The average Bonchev–Trinajstić information content (AvgIpc) is 3.64. The summed E-state index contributed by atoms with van der Waals surface area (Å²) in [5.41, 5.74) is 3.50. The number of H-pyrrole nitrogens is 1. The fraction of sp³-hybridized carbons (Fsp3) is 0.421. The minimum atomic E-state index is -1.04. The third-order valence-electron chi connectivity index (χ3n) is 8.93. The molecule has 2 aromatic heterocycles. The molecule has 1 saturated heterocycles. The van der Waals surface area contributed by atoms with Crippen LogP contribution in [0.15, 0.2) is 54.9 Å². The van der Waals surface area contributed by atoms with Crippen LogP contribution in [0.3, 0.4) is 0 Å². The molecular formula is C38H42N4O10. The summed E-state index contributed by atoms with van der Waals surface area (Å²) in [6, 6.07) is 11.9. The number of ether oxygens (including phenoxy) is 5. The third kappa shape index (κ3) is 9.06. The molecule has 6 rings (SSSR count). The first kappa shape index (κ1) is 36.8. The number of amides is 4. The molecule has 52 heavy (non-hydrogen) atoms. The molecule has 14 heteroatoms. The fourth-order valence-electron chi connectivity index (χ4n) is 6.31. The maximum atomic E-state index is 13.1. The number of benzene rings is 2. The van der Waals surface area contributed by atoms with Crippen molar-refractivity contribution >= 4 is 51.2 Å². The van der Waals surface area contributed by atoms with Crippen LogP contribution in [0.4, 0.5) is 0 Å². The number of ketones is 1. The molecule has 0 saturated carbocycles. The van der Waals surface area contributed by atoms with Gasteiger partial charge in [0.1, 0.15) is 24.2 Å². The van der Waals surface area contributed by atoms with Crippen LogP contribution in [0.2, 0.25) is 0 Å². The number of carbonyl (C=O) groups is 5. The number of fused-ring (bicyclic) bond motifs is 4. The van der Waals surface area contributed by atoms with Crippen molar-refractivity contribution in [3.05, 3.63) is 71.5 Å². The van der Waals surface area contributed by atoms with Gasteiger partial charge in [-0.25, -0.2) is 0 Å². The summed E-state index contributed by atoms with van der Waals surface area (Å²) in [4.78, 5) is 70.7. The maximum absolute atomic E-state index is 13.1. The number of hydrogen-bond donors (Lipinski definition) is 2. The van der Waals surface area contributed by atoms with Gasteiger partial charge in [0.2, 0.25) is 11.8 Å². The average molecular weight is 715 g/mol. The highest BCUT2D eigenvalue weighted by molar-refractivity contribution is 6.24. The van der Waals surface area contributed by atoms with E-state index in [1.165, 1.54) is 6.07 Å². The van der Waals surface area contributed by atoms with Gasteiger partial charge in [-0.05, 0) is 49.1 Å². The largest absolute Gasteiger partial charge is 0.490 e. The lowest BCUT2D eigenvalue weighted by Crippen LogP contribution is -2.54. The third-order valence-corrected chi connectivity index (χ3v) is 8.93. The molecule has 0 radical (unpaired) electrons. The summed E-state index contributed by atoms with van der Waals surface area (Å²) in [6.45, 7) is 3.23. The zero-order chi connectivity index (χ0) is 36.3. The van der Waals surface area contributed by atoms with Crippen LogP contribution >= 0.6 is 0 Å². The van der Waals surface area contributed by atoms with Crippen molar-refractivity contribution in [3.8, 4) is 5.75 Å². The highest BCUT2D eigenvalue weighted by atomic mass is 16.6. The van der Waals surface area contributed by atoms with Crippen molar-refractivity contribution in [2.24, 2.45) is 0 Å². The van der Waals surface area contributed by atoms with E-state index in [0.29, 0.717) is 71.9 Å². The quantitative estimate of drug-likeness (QED) is 0.0954. The molecule has 0 aliphatic carbocycles. The zero-order valence-electron chi connectivity index (χ0n) is 28.9. The van der Waals surface area contributed by atoms with Crippen molar-refractivity contribution < 1.29 is 47.7 Å². The Labute approximate surface area is 300 Å². The van der Waals surface area contributed by atoms with E-state index < -0.39 is 29.7 Å². The van der Waals surface area contributed by atoms with Gasteiger partial charge in [-0.1, -0.05) is 18.2 Å². The van der Waals surface area contributed by atoms with Crippen LogP contribution in [-0.2, 0) is 39.8 Å². The Kier molecular flexibility index (Phi) is 12.7. The summed E-state index contributed by atoms with van der Waals surface area (Å²) in [5, 5.41) is 4.42. The van der Waals surface area contributed by atoms with Gasteiger partial charge in [0.15, 0.2) is 0 Å². The molecule has 14 nitrogen and oxygen atoms in total. The van der Waals surface area contributed by atoms with Gasteiger partial charge in [0, 0.05) is 60.1 Å². The summed E-state index contributed by atoms with van der Waals surface area (Å²) in [5.74, 6) is -1.85. The van der Waals surface area contributed by atoms with E-state index in [0.717, 1.165) is 32.3 Å². The number of pyridine rings is 1. The van der Waals surface area contributed by atoms with Gasteiger partial charge in [0.05, 0.1) is 57.4 Å². The number of hydrogen-bond acceptors (Lipinski definition) is 11. The minimum Gasteiger partial charge on any atom is -0.490 e. The number of aromatic amines is 1. The molecule has 0 bridgehead atoms. The van der Waals surface area contributed by atoms with E-state index in [2.05, 4.69) is 33.5 Å². The monoisotopic (exact) mass is 714 g/mol. The van der Waals surface area contributed by atoms with Crippen LogP contribution in [0, 0.1) is 0 Å². The normalized spacial score (nSPS) is 15.8. The molecule has 1 atom stereocenters. The van der Waals surface area contributed by atoms with Gasteiger partial charge in [-0.3, -0.25) is 39.2 Å². The van der Waals surface area contributed by atoms with Crippen molar-refractivity contribution in [2.75, 3.05) is 59.5 Å². The standard InChI is InChI=1S/C38H42N4O10/c43-26(8-6-25-7-9-27-29-24-39-13-12-30(29)40-31(27)23-25)3-2-14-48-15-16-49-17-18-50-19-20-51-21-22-52-33-5-1-4-28-35(33)38(47)42(37(28)46)32-10-11-34(44)41-36(32)45/h1,4-5,7,9,12-13,23-24,32,40H,2-3,6,8,10-11,14-22H2,(H,41,44,45). The molecule has 0 spiro atoms. The highest BCUT2D eigenvalue weighted by Crippen LogP contribution is 2.33. The second-order valence-corrected chi connectivity index (χ2v) is 12.5. The molecule has 274 valence electrons. The van der Waals surface area contributed by atoms with Gasteiger partial charge < -0.3 is 28.7 Å². The number of nitrogens with one attached hydrogen (secondary N) is 2. The Morgan fingerprint density at radius 1 is 0.788 bits per heavy atom. The highest BCUT2D eigenvalue weighted by Gasteiger charge is 2.46. The number of nitrogens with zero attached hydrogens (tertiary/aromatic N) is 2. The SMILES string of the molecule is O=C(CCCOCCOCCOCCOCCOc1cccc2c1C(=O)N(C1CCC(=O)NC1=O)C2=O)CCc1ccc2c(c1)[nH]c1ccncc12. The summed E-state index contributed by atoms with van der Waals surface area (Å²) >= 11 is 0. The lowest BCUT2D eigenvalue weighted by Gasteiger charge is -2.27. The van der Waals surface area contributed by atoms with Crippen molar-refractivity contribution in [1.82, 2.24) is 20.2 Å². The lowest BCUT2D eigenvalue weighted by molar-refractivity contribution is -0.136. The Morgan fingerprint density at radius 2 is 1.52 bits per heavy atom. The van der Waals surface area contributed by atoms with Gasteiger partial charge in [-0.2, -0.15) is 0 Å². The van der Waals surface area contributed by atoms with Crippen molar-refractivity contribution in [2.45, 2.75) is 44.6 Å². The topological polar surface area (TPSA) is 175 Å². The van der Waals surface area contributed by atoms with E-state index in [-0.39, 0.29) is 48.7 Å². The molecule has 4 heterocycles. The Bertz CT molecular complexity index is 1920. The molecular weight excluding hydrogens is 672 g/mol. The van der Waals surface area contributed by atoms with Crippen molar-refractivity contribution in [1.29, 1.82) is 0 Å². The molecule has 4 aromatic rings. The molecule has 1 unspecified atom stereocenters.